The molecule has 0 amide bonds. The highest BCUT2D eigenvalue weighted by Crippen LogP contribution is 2.29. The Hall–Kier alpha value is -0.580. The van der Waals surface area contributed by atoms with Crippen LogP contribution in [0.4, 0.5) is 5.69 Å². The number of hydrogen-bond acceptors (Lipinski definition) is 3. The molecule has 1 unspecified atom stereocenters. The summed E-state index contributed by atoms with van der Waals surface area (Å²) in [6.07, 6.45) is 5.43. The van der Waals surface area contributed by atoms with E-state index in [1.165, 1.54) is 36.9 Å². The Morgan fingerprint density at radius 3 is 2.95 bits per heavy atom. The van der Waals surface area contributed by atoms with Crippen LogP contribution in [-0.4, -0.2) is 32.3 Å². The smallest absolute Gasteiger partial charge is 0.0746 e. The SMILES string of the molecule is COC1CCCN(c2ccc(Br)cc2CNC2CC2)C1. The van der Waals surface area contributed by atoms with Crippen LogP contribution in [0.2, 0.25) is 0 Å². The average Bonchev–Trinajstić information content (AvgIpc) is 3.29. The Morgan fingerprint density at radius 1 is 1.35 bits per heavy atom. The van der Waals surface area contributed by atoms with Crippen LogP contribution >= 0.6 is 15.9 Å². The lowest BCUT2D eigenvalue weighted by Gasteiger charge is -2.35. The maximum absolute atomic E-state index is 5.55. The molecule has 1 aromatic carbocycles. The van der Waals surface area contributed by atoms with Gasteiger partial charge in [-0.25, -0.2) is 0 Å². The fourth-order valence-electron chi connectivity index (χ4n) is 2.90. The van der Waals surface area contributed by atoms with Gasteiger partial charge in [-0.1, -0.05) is 15.9 Å². The first-order valence-electron chi connectivity index (χ1n) is 7.56. The number of piperidine rings is 1. The second kappa shape index (κ2) is 6.46. The summed E-state index contributed by atoms with van der Waals surface area (Å²) in [7, 11) is 1.82. The number of ether oxygens (including phenoxy) is 1. The molecule has 1 atom stereocenters. The third kappa shape index (κ3) is 3.54. The molecule has 110 valence electrons. The largest absolute Gasteiger partial charge is 0.380 e. The topological polar surface area (TPSA) is 24.5 Å². The highest BCUT2D eigenvalue weighted by atomic mass is 79.9. The highest BCUT2D eigenvalue weighted by molar-refractivity contribution is 9.10. The number of benzene rings is 1. The van der Waals surface area contributed by atoms with Crippen molar-refractivity contribution in [2.45, 2.75) is 44.4 Å². The maximum Gasteiger partial charge on any atom is 0.0746 e. The summed E-state index contributed by atoms with van der Waals surface area (Å²) in [5, 5.41) is 3.63. The van der Waals surface area contributed by atoms with Gasteiger partial charge in [-0.15, -0.1) is 0 Å². The lowest BCUT2D eigenvalue weighted by atomic mass is 10.0. The molecule has 1 saturated heterocycles. The molecule has 0 radical (unpaired) electrons. The quantitative estimate of drug-likeness (QED) is 0.891. The van der Waals surface area contributed by atoms with E-state index in [9.17, 15) is 0 Å². The molecule has 4 heteroatoms. The van der Waals surface area contributed by atoms with Crippen LogP contribution in [0.15, 0.2) is 22.7 Å². The van der Waals surface area contributed by atoms with E-state index in [-0.39, 0.29) is 0 Å². The molecule has 3 nitrogen and oxygen atoms in total. The predicted octanol–water partition coefficient (Wildman–Crippen LogP) is 3.32. The van der Waals surface area contributed by atoms with Crippen LogP contribution in [0, 0.1) is 0 Å². The molecule has 20 heavy (non-hydrogen) atoms. The molecule has 1 N–H and O–H groups in total. The van der Waals surface area contributed by atoms with E-state index in [1.807, 2.05) is 7.11 Å². The van der Waals surface area contributed by atoms with Crippen molar-refractivity contribution >= 4 is 21.6 Å². The van der Waals surface area contributed by atoms with Gasteiger partial charge in [-0.05, 0) is 49.4 Å². The minimum atomic E-state index is 0.372. The number of methoxy groups -OCH3 is 1. The van der Waals surface area contributed by atoms with Crippen molar-refractivity contribution < 1.29 is 4.74 Å². The minimum absolute atomic E-state index is 0.372. The van der Waals surface area contributed by atoms with E-state index >= 15 is 0 Å². The molecule has 0 bridgehead atoms. The maximum atomic E-state index is 5.55. The Kier molecular flexibility index (Phi) is 4.64. The Bertz CT molecular complexity index is 462. The van der Waals surface area contributed by atoms with Crippen molar-refractivity contribution in [3.8, 4) is 0 Å². The van der Waals surface area contributed by atoms with Crippen molar-refractivity contribution in [3.63, 3.8) is 0 Å². The summed E-state index contributed by atoms with van der Waals surface area (Å²) in [4.78, 5) is 2.48. The van der Waals surface area contributed by atoms with Gasteiger partial charge in [0.2, 0.25) is 0 Å². The lowest BCUT2D eigenvalue weighted by molar-refractivity contribution is 0.0893. The molecule has 2 aliphatic rings. The van der Waals surface area contributed by atoms with Crippen LogP contribution in [0.1, 0.15) is 31.2 Å². The monoisotopic (exact) mass is 338 g/mol. The van der Waals surface area contributed by atoms with E-state index in [0.717, 1.165) is 30.1 Å². The lowest BCUT2D eigenvalue weighted by Crippen LogP contribution is -2.40. The van der Waals surface area contributed by atoms with Crippen molar-refractivity contribution in [1.82, 2.24) is 5.32 Å². The zero-order valence-corrected chi connectivity index (χ0v) is 13.7. The first-order chi connectivity index (χ1) is 9.76. The van der Waals surface area contributed by atoms with Crippen LogP contribution in [0.25, 0.3) is 0 Å². The zero-order chi connectivity index (χ0) is 13.9. The van der Waals surface area contributed by atoms with Crippen LogP contribution < -0.4 is 10.2 Å². The van der Waals surface area contributed by atoms with Gasteiger partial charge in [-0.2, -0.15) is 0 Å². The molecule has 1 heterocycles. The third-order valence-corrected chi connectivity index (χ3v) is 4.75. The minimum Gasteiger partial charge on any atom is -0.380 e. The molecule has 0 spiro atoms. The zero-order valence-electron chi connectivity index (χ0n) is 12.1. The molecule has 1 saturated carbocycles. The second-order valence-corrected chi connectivity index (χ2v) is 6.79. The van der Waals surface area contributed by atoms with Gasteiger partial charge < -0.3 is 15.0 Å². The Morgan fingerprint density at radius 2 is 2.20 bits per heavy atom. The molecule has 1 aromatic rings. The summed E-state index contributed by atoms with van der Waals surface area (Å²) in [5.74, 6) is 0. The number of anilines is 1. The molecule has 1 aliphatic carbocycles. The van der Waals surface area contributed by atoms with Gasteiger partial charge in [0.15, 0.2) is 0 Å². The first kappa shape index (κ1) is 14.4. The van der Waals surface area contributed by atoms with Gasteiger partial charge >= 0.3 is 0 Å². The number of nitrogens with one attached hydrogen (secondary N) is 1. The van der Waals surface area contributed by atoms with Gasteiger partial charge in [0.05, 0.1) is 6.10 Å². The van der Waals surface area contributed by atoms with Gasteiger partial charge in [0.25, 0.3) is 0 Å². The summed E-state index contributed by atoms with van der Waals surface area (Å²) in [5.41, 5.74) is 2.76. The van der Waals surface area contributed by atoms with Crippen LogP contribution in [0.5, 0.6) is 0 Å². The highest BCUT2D eigenvalue weighted by Gasteiger charge is 2.23. The molecular weight excluding hydrogens is 316 g/mol. The fourth-order valence-corrected chi connectivity index (χ4v) is 3.30. The van der Waals surface area contributed by atoms with E-state index in [0.29, 0.717) is 6.10 Å². The van der Waals surface area contributed by atoms with Gasteiger partial charge in [0, 0.05) is 42.9 Å². The summed E-state index contributed by atoms with van der Waals surface area (Å²) in [6, 6.07) is 7.38. The second-order valence-electron chi connectivity index (χ2n) is 5.87. The fraction of sp³-hybridized carbons (Fsp3) is 0.625. The van der Waals surface area contributed by atoms with Crippen molar-refractivity contribution in [1.29, 1.82) is 0 Å². The van der Waals surface area contributed by atoms with Crippen LogP contribution in [-0.2, 0) is 11.3 Å². The molecule has 1 aliphatic heterocycles. The van der Waals surface area contributed by atoms with Crippen molar-refractivity contribution in [3.05, 3.63) is 28.2 Å². The summed E-state index contributed by atoms with van der Waals surface area (Å²) < 4.78 is 6.71. The summed E-state index contributed by atoms with van der Waals surface area (Å²) in [6.45, 7) is 3.11. The van der Waals surface area contributed by atoms with Crippen LogP contribution in [0.3, 0.4) is 0 Å². The molecule has 0 aromatic heterocycles. The Labute approximate surface area is 129 Å². The number of rotatable bonds is 5. The Balaban J connectivity index is 1.75. The van der Waals surface area contributed by atoms with Crippen molar-refractivity contribution in [2.75, 3.05) is 25.1 Å². The van der Waals surface area contributed by atoms with Gasteiger partial charge in [0.1, 0.15) is 0 Å². The van der Waals surface area contributed by atoms with E-state index in [4.69, 9.17) is 4.74 Å². The summed E-state index contributed by atoms with van der Waals surface area (Å²) >= 11 is 3.60. The molecule has 2 fully saturated rings. The van der Waals surface area contributed by atoms with E-state index in [2.05, 4.69) is 44.3 Å². The number of hydrogen-bond donors (Lipinski definition) is 1. The normalized spacial score (nSPS) is 23.1. The molecular formula is C16H23BrN2O. The first-order valence-corrected chi connectivity index (χ1v) is 8.35. The number of nitrogens with zero attached hydrogens (tertiary/aromatic N) is 1. The average molecular weight is 339 g/mol. The van der Waals surface area contributed by atoms with Gasteiger partial charge in [-0.3, -0.25) is 0 Å². The standard InChI is InChI=1S/C16H23BrN2O/c1-20-15-3-2-8-19(11-15)16-7-4-13(17)9-12(16)10-18-14-5-6-14/h4,7,9,14-15,18H,2-3,5-6,8,10-11H2,1H3. The van der Waals surface area contributed by atoms with E-state index < -0.39 is 0 Å². The third-order valence-electron chi connectivity index (χ3n) is 4.25. The van der Waals surface area contributed by atoms with E-state index in [1.54, 1.807) is 0 Å². The van der Waals surface area contributed by atoms with Crippen molar-refractivity contribution in [2.24, 2.45) is 0 Å². The predicted molar refractivity (Wildman–Crippen MR) is 86.2 cm³/mol. The number of halogens is 1. The molecule has 3 rings (SSSR count).